The second-order valence-electron chi connectivity index (χ2n) is 6.49. The number of hydrogen-bond donors (Lipinski definition) is 2. The standard InChI is InChI=1S/C18H25N7O2S/c1-26-9-5-20-17-23-25-13-15(22-18(25)28-17)14-2-3-16(21-12-14)19-4-6-24-7-10-27-11-8-24/h2-3,12-13H,4-11H2,1H3,(H,19,21)(H,20,23). The van der Waals surface area contributed by atoms with Gasteiger partial charge in [-0.2, -0.15) is 0 Å². The number of nitrogens with zero attached hydrogens (tertiary/aromatic N) is 5. The Bertz CT molecular complexity index is 842. The number of anilines is 2. The SMILES string of the molecule is COCCNc1nn2cc(-c3ccc(NCCN4CCOCC4)nc3)nc2s1. The number of morpholine rings is 1. The second kappa shape index (κ2) is 9.28. The lowest BCUT2D eigenvalue weighted by atomic mass is 10.2. The van der Waals surface area contributed by atoms with E-state index in [0.717, 1.165) is 73.1 Å². The summed E-state index contributed by atoms with van der Waals surface area (Å²) >= 11 is 1.52. The number of methoxy groups -OCH3 is 1. The maximum Gasteiger partial charge on any atom is 0.214 e. The third kappa shape index (κ3) is 4.76. The molecule has 3 aromatic rings. The topological polar surface area (TPSA) is 88.8 Å². The van der Waals surface area contributed by atoms with Crippen LogP contribution in [0.15, 0.2) is 24.5 Å². The predicted molar refractivity (Wildman–Crippen MR) is 110 cm³/mol. The van der Waals surface area contributed by atoms with E-state index >= 15 is 0 Å². The number of pyridine rings is 1. The van der Waals surface area contributed by atoms with Crippen molar-refractivity contribution in [1.29, 1.82) is 0 Å². The van der Waals surface area contributed by atoms with Gasteiger partial charge in [-0.05, 0) is 12.1 Å². The normalized spacial score (nSPS) is 15.2. The molecule has 28 heavy (non-hydrogen) atoms. The Hall–Kier alpha value is -2.27. The smallest absolute Gasteiger partial charge is 0.214 e. The lowest BCUT2D eigenvalue weighted by Gasteiger charge is -2.26. The minimum absolute atomic E-state index is 0.644. The van der Waals surface area contributed by atoms with Gasteiger partial charge in [0.05, 0.1) is 31.7 Å². The molecule has 1 aliphatic heterocycles. The summed E-state index contributed by atoms with van der Waals surface area (Å²) in [5.74, 6) is 0.876. The van der Waals surface area contributed by atoms with Crippen molar-refractivity contribution >= 4 is 27.2 Å². The number of fused-ring (bicyclic) bond motifs is 1. The average Bonchev–Trinajstić information content (AvgIpc) is 3.28. The molecule has 1 fully saturated rings. The number of rotatable bonds is 9. The van der Waals surface area contributed by atoms with E-state index < -0.39 is 0 Å². The van der Waals surface area contributed by atoms with Crippen molar-refractivity contribution in [2.24, 2.45) is 0 Å². The van der Waals surface area contributed by atoms with Gasteiger partial charge in [0, 0.05) is 51.6 Å². The highest BCUT2D eigenvalue weighted by Gasteiger charge is 2.11. The zero-order valence-corrected chi connectivity index (χ0v) is 16.7. The molecule has 0 bridgehead atoms. The third-order valence-corrected chi connectivity index (χ3v) is 5.40. The second-order valence-corrected chi connectivity index (χ2v) is 7.45. The van der Waals surface area contributed by atoms with E-state index in [9.17, 15) is 0 Å². The van der Waals surface area contributed by atoms with Crippen molar-refractivity contribution < 1.29 is 9.47 Å². The fraction of sp³-hybridized carbons (Fsp3) is 0.500. The molecule has 2 N–H and O–H groups in total. The van der Waals surface area contributed by atoms with Crippen LogP contribution < -0.4 is 10.6 Å². The molecule has 9 nitrogen and oxygen atoms in total. The molecule has 0 spiro atoms. The zero-order chi connectivity index (χ0) is 19.2. The minimum Gasteiger partial charge on any atom is -0.383 e. The van der Waals surface area contributed by atoms with Crippen LogP contribution in [0.1, 0.15) is 0 Å². The first-order chi connectivity index (χ1) is 13.8. The molecule has 1 aliphatic rings. The maximum atomic E-state index is 5.37. The quantitative estimate of drug-likeness (QED) is 0.522. The van der Waals surface area contributed by atoms with Gasteiger partial charge in [0.25, 0.3) is 0 Å². The maximum absolute atomic E-state index is 5.37. The Morgan fingerprint density at radius 2 is 2.11 bits per heavy atom. The lowest BCUT2D eigenvalue weighted by Crippen LogP contribution is -2.39. The number of imidazole rings is 1. The first-order valence-corrected chi connectivity index (χ1v) is 10.2. The molecule has 0 radical (unpaired) electrons. The molecule has 0 unspecified atom stereocenters. The van der Waals surface area contributed by atoms with Crippen molar-refractivity contribution in [2.75, 3.05) is 70.3 Å². The fourth-order valence-electron chi connectivity index (χ4n) is 2.99. The number of hydrogen-bond acceptors (Lipinski definition) is 9. The highest BCUT2D eigenvalue weighted by Crippen LogP contribution is 2.24. The molecular weight excluding hydrogens is 378 g/mol. The fourth-order valence-corrected chi connectivity index (χ4v) is 3.79. The van der Waals surface area contributed by atoms with Crippen LogP contribution in [0.3, 0.4) is 0 Å². The van der Waals surface area contributed by atoms with Gasteiger partial charge in [-0.25, -0.2) is 14.5 Å². The van der Waals surface area contributed by atoms with Crippen LogP contribution >= 0.6 is 11.3 Å². The summed E-state index contributed by atoms with van der Waals surface area (Å²) < 4.78 is 12.2. The molecule has 10 heteroatoms. The molecule has 150 valence electrons. The van der Waals surface area contributed by atoms with Crippen LogP contribution in [0.25, 0.3) is 16.2 Å². The summed E-state index contributed by atoms with van der Waals surface area (Å²) in [4.78, 5) is 12.4. The monoisotopic (exact) mass is 403 g/mol. The van der Waals surface area contributed by atoms with Gasteiger partial charge in [-0.15, -0.1) is 5.10 Å². The van der Waals surface area contributed by atoms with Gasteiger partial charge in [0.15, 0.2) is 0 Å². The van der Waals surface area contributed by atoms with E-state index in [1.165, 1.54) is 11.3 Å². The summed E-state index contributed by atoms with van der Waals surface area (Å²) in [5.41, 5.74) is 1.85. The molecule has 0 aliphatic carbocycles. The lowest BCUT2D eigenvalue weighted by molar-refractivity contribution is 0.0398. The average molecular weight is 404 g/mol. The van der Waals surface area contributed by atoms with Crippen molar-refractivity contribution in [3.05, 3.63) is 24.5 Å². The van der Waals surface area contributed by atoms with Gasteiger partial charge >= 0.3 is 0 Å². The van der Waals surface area contributed by atoms with E-state index in [-0.39, 0.29) is 0 Å². The van der Waals surface area contributed by atoms with Crippen LogP contribution in [-0.4, -0.2) is 84.1 Å². The Morgan fingerprint density at radius 3 is 2.86 bits per heavy atom. The Kier molecular flexibility index (Phi) is 6.32. The number of ether oxygens (including phenoxy) is 2. The van der Waals surface area contributed by atoms with Gasteiger partial charge in [-0.1, -0.05) is 11.3 Å². The molecule has 4 rings (SSSR count). The molecule has 0 atom stereocenters. The largest absolute Gasteiger partial charge is 0.383 e. The third-order valence-electron chi connectivity index (χ3n) is 4.52. The Balaban J connectivity index is 1.32. The van der Waals surface area contributed by atoms with Gasteiger partial charge < -0.3 is 20.1 Å². The van der Waals surface area contributed by atoms with Crippen molar-refractivity contribution in [3.63, 3.8) is 0 Å². The molecule has 0 amide bonds. The molecule has 0 saturated carbocycles. The highest BCUT2D eigenvalue weighted by molar-refractivity contribution is 7.20. The van der Waals surface area contributed by atoms with Crippen LogP contribution in [0.2, 0.25) is 0 Å². The molecule has 0 aromatic carbocycles. The molecule has 4 heterocycles. The van der Waals surface area contributed by atoms with Crippen molar-refractivity contribution in [2.45, 2.75) is 0 Å². The first kappa shape index (κ1) is 19.1. The van der Waals surface area contributed by atoms with Gasteiger partial charge in [0.1, 0.15) is 5.82 Å². The van der Waals surface area contributed by atoms with E-state index in [0.29, 0.717) is 6.61 Å². The summed E-state index contributed by atoms with van der Waals surface area (Å²) in [6.07, 6.45) is 3.77. The van der Waals surface area contributed by atoms with E-state index in [1.807, 2.05) is 24.5 Å². The van der Waals surface area contributed by atoms with E-state index in [2.05, 4.69) is 30.6 Å². The Morgan fingerprint density at radius 1 is 1.21 bits per heavy atom. The van der Waals surface area contributed by atoms with Crippen LogP contribution in [-0.2, 0) is 9.47 Å². The van der Waals surface area contributed by atoms with E-state index in [1.54, 1.807) is 11.6 Å². The van der Waals surface area contributed by atoms with Crippen LogP contribution in [0.5, 0.6) is 0 Å². The van der Waals surface area contributed by atoms with Crippen molar-refractivity contribution in [3.8, 4) is 11.3 Å². The van der Waals surface area contributed by atoms with Crippen LogP contribution in [0.4, 0.5) is 10.9 Å². The number of nitrogens with one attached hydrogen (secondary N) is 2. The minimum atomic E-state index is 0.644. The summed E-state index contributed by atoms with van der Waals surface area (Å²) in [6, 6.07) is 4.03. The summed E-state index contributed by atoms with van der Waals surface area (Å²) in [7, 11) is 1.68. The van der Waals surface area contributed by atoms with Gasteiger partial charge in [-0.3, -0.25) is 4.90 Å². The molecular formula is C18H25N7O2S. The summed E-state index contributed by atoms with van der Waals surface area (Å²) in [6.45, 7) is 6.90. The molecule has 3 aromatic heterocycles. The Labute approximate surface area is 167 Å². The summed E-state index contributed by atoms with van der Waals surface area (Å²) in [5, 5.41) is 11.9. The first-order valence-electron chi connectivity index (χ1n) is 9.41. The molecule has 1 saturated heterocycles. The van der Waals surface area contributed by atoms with Crippen molar-refractivity contribution in [1.82, 2.24) is 24.5 Å². The van der Waals surface area contributed by atoms with Gasteiger partial charge in [0.2, 0.25) is 10.1 Å². The highest BCUT2D eigenvalue weighted by atomic mass is 32.1. The number of aromatic nitrogens is 4. The van der Waals surface area contributed by atoms with Crippen LogP contribution in [0, 0.1) is 0 Å². The van der Waals surface area contributed by atoms with E-state index in [4.69, 9.17) is 9.47 Å². The zero-order valence-electron chi connectivity index (χ0n) is 15.9. The predicted octanol–water partition coefficient (Wildman–Crippen LogP) is 1.66.